The van der Waals surface area contributed by atoms with Crippen LogP contribution in [0.5, 0.6) is 0 Å². The first-order valence-corrected chi connectivity index (χ1v) is 6.50. The van der Waals surface area contributed by atoms with Gasteiger partial charge in [0, 0.05) is 12.5 Å². The van der Waals surface area contributed by atoms with Crippen molar-refractivity contribution in [3.63, 3.8) is 0 Å². The van der Waals surface area contributed by atoms with Gasteiger partial charge in [-0.05, 0) is 17.5 Å². The Balaban J connectivity index is 1.73. The van der Waals surface area contributed by atoms with E-state index < -0.39 is 0 Å². The molecule has 1 aliphatic heterocycles. The fourth-order valence-corrected chi connectivity index (χ4v) is 2.05. The van der Waals surface area contributed by atoms with Crippen molar-refractivity contribution >= 4 is 5.91 Å². The second-order valence-corrected chi connectivity index (χ2v) is 4.81. The second kappa shape index (κ2) is 7.23. The Kier molecular flexibility index (Phi) is 5.32. The van der Waals surface area contributed by atoms with E-state index in [0.29, 0.717) is 18.9 Å². The molecule has 1 saturated heterocycles. The Labute approximate surface area is 113 Å². The number of carbonyl (C=O) groups is 1. The number of ether oxygens (including phenoxy) is 2. The monoisotopic (exact) mass is 264 g/mol. The van der Waals surface area contributed by atoms with Crippen LogP contribution < -0.4 is 11.3 Å². The van der Waals surface area contributed by atoms with Gasteiger partial charge in [0.15, 0.2) is 0 Å². The maximum atomic E-state index is 11.1. The lowest BCUT2D eigenvalue weighted by molar-refractivity contribution is -0.120. The van der Waals surface area contributed by atoms with Gasteiger partial charge in [-0.1, -0.05) is 24.3 Å². The summed E-state index contributed by atoms with van der Waals surface area (Å²) in [5.41, 5.74) is 4.17. The Morgan fingerprint density at radius 2 is 2.11 bits per heavy atom. The van der Waals surface area contributed by atoms with Crippen molar-refractivity contribution in [1.82, 2.24) is 5.43 Å². The van der Waals surface area contributed by atoms with Gasteiger partial charge < -0.3 is 9.47 Å². The van der Waals surface area contributed by atoms with E-state index in [-0.39, 0.29) is 5.91 Å². The summed E-state index contributed by atoms with van der Waals surface area (Å²) in [5, 5.41) is 0. The molecule has 1 atom stereocenters. The highest BCUT2D eigenvalue weighted by molar-refractivity contribution is 5.77. The fraction of sp³-hybridized carbons (Fsp3) is 0.500. The number of nitrogens with one attached hydrogen (secondary N) is 1. The summed E-state index contributed by atoms with van der Waals surface area (Å²) in [6, 6.07) is 7.80. The minimum atomic E-state index is -0.190. The molecule has 0 spiro atoms. The van der Waals surface area contributed by atoms with E-state index in [1.165, 1.54) is 0 Å². The molecular weight excluding hydrogens is 244 g/mol. The third kappa shape index (κ3) is 4.63. The molecule has 1 heterocycles. The molecule has 0 aliphatic carbocycles. The molecule has 2 rings (SSSR count). The molecule has 0 saturated carbocycles. The third-order valence-corrected chi connectivity index (χ3v) is 3.19. The second-order valence-electron chi connectivity index (χ2n) is 4.81. The highest BCUT2D eigenvalue weighted by Gasteiger charge is 2.15. The number of benzene rings is 1. The van der Waals surface area contributed by atoms with E-state index in [2.05, 4.69) is 5.43 Å². The number of hydrogen-bond donors (Lipinski definition) is 2. The molecule has 104 valence electrons. The van der Waals surface area contributed by atoms with Crippen LogP contribution in [0.25, 0.3) is 0 Å². The molecule has 1 fully saturated rings. The van der Waals surface area contributed by atoms with E-state index in [0.717, 1.165) is 37.4 Å². The zero-order valence-corrected chi connectivity index (χ0v) is 10.9. The third-order valence-electron chi connectivity index (χ3n) is 3.19. The standard InChI is InChI=1S/C14H20N2O3/c15-16-14(17)7-11-1-3-12(4-2-11)8-19-10-13-5-6-18-9-13/h1-4,13H,5-10,15H2,(H,16,17). The molecule has 19 heavy (non-hydrogen) atoms. The summed E-state index contributed by atoms with van der Waals surface area (Å²) >= 11 is 0. The maximum absolute atomic E-state index is 11.1. The zero-order chi connectivity index (χ0) is 13.5. The molecule has 1 aromatic rings. The van der Waals surface area contributed by atoms with Crippen LogP contribution >= 0.6 is 0 Å². The van der Waals surface area contributed by atoms with E-state index >= 15 is 0 Å². The average Bonchev–Trinajstić information content (AvgIpc) is 2.94. The molecule has 1 unspecified atom stereocenters. The SMILES string of the molecule is NNC(=O)Cc1ccc(COCC2CCOC2)cc1. The lowest BCUT2D eigenvalue weighted by Crippen LogP contribution is -2.31. The van der Waals surface area contributed by atoms with Gasteiger partial charge >= 0.3 is 0 Å². The van der Waals surface area contributed by atoms with Crippen molar-refractivity contribution < 1.29 is 14.3 Å². The smallest absolute Gasteiger partial charge is 0.238 e. The van der Waals surface area contributed by atoms with E-state index in [1.54, 1.807) is 0 Å². The van der Waals surface area contributed by atoms with Crippen LogP contribution in [0.1, 0.15) is 17.5 Å². The number of hydrazine groups is 1. The molecule has 5 heteroatoms. The van der Waals surface area contributed by atoms with Gasteiger partial charge in [-0.2, -0.15) is 0 Å². The zero-order valence-electron chi connectivity index (χ0n) is 10.9. The first-order chi connectivity index (χ1) is 9.28. The van der Waals surface area contributed by atoms with Crippen molar-refractivity contribution in [2.75, 3.05) is 19.8 Å². The highest BCUT2D eigenvalue weighted by Crippen LogP contribution is 2.13. The molecule has 0 bridgehead atoms. The summed E-state index contributed by atoms with van der Waals surface area (Å²) in [6.07, 6.45) is 1.39. The highest BCUT2D eigenvalue weighted by atomic mass is 16.5. The predicted octanol–water partition coefficient (Wildman–Crippen LogP) is 0.772. The van der Waals surface area contributed by atoms with Crippen LogP contribution in [0, 0.1) is 5.92 Å². The van der Waals surface area contributed by atoms with Crippen LogP contribution in [0.3, 0.4) is 0 Å². The van der Waals surface area contributed by atoms with Crippen molar-refractivity contribution in [2.45, 2.75) is 19.4 Å². The molecule has 5 nitrogen and oxygen atoms in total. The Hall–Kier alpha value is -1.43. The van der Waals surface area contributed by atoms with E-state index in [4.69, 9.17) is 15.3 Å². The molecule has 0 radical (unpaired) electrons. The minimum Gasteiger partial charge on any atom is -0.381 e. The topological polar surface area (TPSA) is 73.6 Å². The predicted molar refractivity (Wildman–Crippen MR) is 71.1 cm³/mol. The van der Waals surface area contributed by atoms with Crippen molar-refractivity contribution in [1.29, 1.82) is 0 Å². The summed E-state index contributed by atoms with van der Waals surface area (Å²) < 4.78 is 11.0. The largest absolute Gasteiger partial charge is 0.381 e. The molecule has 1 aliphatic rings. The lowest BCUT2D eigenvalue weighted by atomic mass is 10.1. The molecule has 3 N–H and O–H groups in total. The Morgan fingerprint density at radius 1 is 1.37 bits per heavy atom. The minimum absolute atomic E-state index is 0.190. The number of nitrogens with two attached hydrogens (primary N) is 1. The first kappa shape index (κ1) is 14.0. The Morgan fingerprint density at radius 3 is 2.74 bits per heavy atom. The van der Waals surface area contributed by atoms with Crippen LogP contribution in [0.4, 0.5) is 0 Å². The van der Waals surface area contributed by atoms with Crippen LogP contribution in [-0.2, 0) is 27.3 Å². The average molecular weight is 264 g/mol. The molecular formula is C14H20N2O3. The van der Waals surface area contributed by atoms with Gasteiger partial charge in [0.05, 0.1) is 26.2 Å². The van der Waals surface area contributed by atoms with Crippen molar-refractivity contribution in [3.8, 4) is 0 Å². The van der Waals surface area contributed by atoms with Gasteiger partial charge in [0.25, 0.3) is 0 Å². The molecule has 0 aromatic heterocycles. The van der Waals surface area contributed by atoms with E-state index in [9.17, 15) is 4.79 Å². The van der Waals surface area contributed by atoms with Crippen LogP contribution in [0.2, 0.25) is 0 Å². The summed E-state index contributed by atoms with van der Waals surface area (Å²) in [4.78, 5) is 11.1. The van der Waals surface area contributed by atoms with Crippen LogP contribution in [0.15, 0.2) is 24.3 Å². The summed E-state index contributed by atoms with van der Waals surface area (Å²) in [6.45, 7) is 3.01. The summed E-state index contributed by atoms with van der Waals surface area (Å²) in [7, 11) is 0. The normalized spacial score (nSPS) is 18.5. The Bertz CT molecular complexity index is 400. The number of amides is 1. The lowest BCUT2D eigenvalue weighted by Gasteiger charge is -2.09. The van der Waals surface area contributed by atoms with Crippen molar-refractivity contribution in [2.24, 2.45) is 11.8 Å². The van der Waals surface area contributed by atoms with Gasteiger partial charge in [-0.25, -0.2) is 5.84 Å². The number of hydrogen-bond acceptors (Lipinski definition) is 4. The number of rotatable bonds is 6. The maximum Gasteiger partial charge on any atom is 0.238 e. The van der Waals surface area contributed by atoms with Crippen LogP contribution in [-0.4, -0.2) is 25.7 Å². The number of carbonyl (C=O) groups excluding carboxylic acids is 1. The van der Waals surface area contributed by atoms with Gasteiger partial charge in [0.2, 0.25) is 5.91 Å². The quantitative estimate of drug-likeness (QED) is 0.452. The molecule has 1 aromatic carbocycles. The van der Waals surface area contributed by atoms with Gasteiger partial charge in [-0.15, -0.1) is 0 Å². The molecule has 1 amide bonds. The van der Waals surface area contributed by atoms with Gasteiger partial charge in [0.1, 0.15) is 0 Å². The summed E-state index contributed by atoms with van der Waals surface area (Å²) in [5.74, 6) is 5.39. The van der Waals surface area contributed by atoms with Crippen molar-refractivity contribution in [3.05, 3.63) is 35.4 Å². The first-order valence-electron chi connectivity index (χ1n) is 6.50. The fourth-order valence-electron chi connectivity index (χ4n) is 2.05. The van der Waals surface area contributed by atoms with E-state index in [1.807, 2.05) is 24.3 Å². The van der Waals surface area contributed by atoms with Gasteiger partial charge in [-0.3, -0.25) is 10.2 Å².